The van der Waals surface area contributed by atoms with Crippen molar-refractivity contribution in [2.24, 2.45) is 0 Å². The highest BCUT2D eigenvalue weighted by atomic mass is 16.5. The Morgan fingerprint density at radius 1 is 1.50 bits per heavy atom. The van der Waals surface area contributed by atoms with Crippen molar-refractivity contribution in [2.75, 3.05) is 19.8 Å². The van der Waals surface area contributed by atoms with Crippen LogP contribution in [0.4, 0.5) is 4.79 Å². The Morgan fingerprint density at radius 2 is 2.11 bits per heavy atom. The van der Waals surface area contributed by atoms with E-state index in [9.17, 15) is 9.59 Å². The van der Waals surface area contributed by atoms with Crippen molar-refractivity contribution in [3.05, 3.63) is 0 Å². The zero-order valence-electron chi connectivity index (χ0n) is 10.8. The number of nitrogens with one attached hydrogen (secondary N) is 1. The highest BCUT2D eigenvalue weighted by Crippen LogP contribution is 2.13. The molecule has 1 rings (SSSR count). The van der Waals surface area contributed by atoms with Gasteiger partial charge in [0.25, 0.3) is 0 Å². The number of morpholine rings is 1. The number of aliphatic hydroxyl groups excluding tert-OH is 1. The third kappa shape index (κ3) is 3.33. The SMILES string of the molecule is CC1COC(CO)CN1C(=O)NC(C)(C)C(=O)O. The summed E-state index contributed by atoms with van der Waals surface area (Å²) in [5, 5.41) is 20.4. The monoisotopic (exact) mass is 260 g/mol. The van der Waals surface area contributed by atoms with E-state index in [1.165, 1.54) is 18.7 Å². The summed E-state index contributed by atoms with van der Waals surface area (Å²) in [6, 6.07) is -0.617. The number of hydrogen-bond acceptors (Lipinski definition) is 4. The molecule has 2 unspecified atom stereocenters. The van der Waals surface area contributed by atoms with Crippen LogP contribution in [0.25, 0.3) is 0 Å². The van der Waals surface area contributed by atoms with Crippen molar-refractivity contribution in [2.45, 2.75) is 38.5 Å². The third-order valence-electron chi connectivity index (χ3n) is 2.92. The fourth-order valence-corrected chi connectivity index (χ4v) is 1.60. The van der Waals surface area contributed by atoms with Crippen molar-refractivity contribution in [3.63, 3.8) is 0 Å². The number of carbonyl (C=O) groups is 2. The number of carboxylic acid groups (broad SMARTS) is 1. The van der Waals surface area contributed by atoms with Gasteiger partial charge in [-0.05, 0) is 20.8 Å². The Kier molecular flexibility index (Phi) is 4.53. The standard InChI is InChI=1S/C11H20N2O5/c1-7-6-18-8(5-14)4-13(7)10(17)12-11(2,3)9(15)16/h7-8,14H,4-6H2,1-3H3,(H,12,17)(H,15,16). The molecule has 18 heavy (non-hydrogen) atoms. The summed E-state index contributed by atoms with van der Waals surface area (Å²) in [5.74, 6) is -1.10. The molecule has 1 aliphatic heterocycles. The average molecular weight is 260 g/mol. The molecule has 0 aliphatic carbocycles. The number of rotatable bonds is 3. The summed E-state index contributed by atoms with van der Waals surface area (Å²) in [6.07, 6.45) is -0.417. The van der Waals surface area contributed by atoms with Gasteiger partial charge in [0.1, 0.15) is 5.54 Å². The fraction of sp³-hybridized carbons (Fsp3) is 0.818. The molecule has 7 nitrogen and oxygen atoms in total. The lowest BCUT2D eigenvalue weighted by Crippen LogP contribution is -2.60. The predicted molar refractivity (Wildman–Crippen MR) is 63.2 cm³/mol. The van der Waals surface area contributed by atoms with Crippen molar-refractivity contribution in [1.29, 1.82) is 0 Å². The van der Waals surface area contributed by atoms with Crippen LogP contribution in [0.1, 0.15) is 20.8 Å². The lowest BCUT2D eigenvalue weighted by atomic mass is 10.1. The first kappa shape index (κ1) is 14.7. The van der Waals surface area contributed by atoms with Gasteiger partial charge in [-0.2, -0.15) is 0 Å². The Balaban J connectivity index is 2.67. The smallest absolute Gasteiger partial charge is 0.328 e. The van der Waals surface area contributed by atoms with Crippen LogP contribution in [0, 0.1) is 0 Å². The fourth-order valence-electron chi connectivity index (χ4n) is 1.60. The van der Waals surface area contributed by atoms with Gasteiger partial charge < -0.3 is 25.2 Å². The van der Waals surface area contributed by atoms with Crippen LogP contribution in [0.3, 0.4) is 0 Å². The van der Waals surface area contributed by atoms with Crippen molar-refractivity contribution < 1.29 is 24.5 Å². The molecule has 104 valence electrons. The first-order valence-electron chi connectivity index (χ1n) is 5.82. The van der Waals surface area contributed by atoms with Crippen molar-refractivity contribution in [3.8, 4) is 0 Å². The molecule has 0 spiro atoms. The van der Waals surface area contributed by atoms with E-state index in [0.717, 1.165) is 0 Å². The number of aliphatic hydroxyl groups is 1. The molecule has 1 aliphatic rings. The highest BCUT2D eigenvalue weighted by molar-refractivity contribution is 5.85. The van der Waals surface area contributed by atoms with Crippen LogP contribution < -0.4 is 5.32 Å². The van der Waals surface area contributed by atoms with E-state index in [4.69, 9.17) is 14.9 Å². The molecule has 0 aromatic heterocycles. The number of hydrogen-bond donors (Lipinski definition) is 3. The van der Waals surface area contributed by atoms with Crippen LogP contribution >= 0.6 is 0 Å². The summed E-state index contributed by atoms with van der Waals surface area (Å²) in [4.78, 5) is 24.4. The number of urea groups is 1. The zero-order chi connectivity index (χ0) is 13.9. The predicted octanol–water partition coefficient (Wildman–Crippen LogP) is -0.359. The number of ether oxygens (including phenoxy) is 1. The summed E-state index contributed by atoms with van der Waals surface area (Å²) >= 11 is 0. The number of amides is 2. The van der Waals surface area contributed by atoms with Gasteiger partial charge >= 0.3 is 12.0 Å². The summed E-state index contributed by atoms with van der Waals surface area (Å²) in [6.45, 7) is 5.05. The molecule has 0 aromatic carbocycles. The van der Waals surface area contributed by atoms with Gasteiger partial charge in [-0.15, -0.1) is 0 Å². The van der Waals surface area contributed by atoms with Crippen LogP contribution in [-0.4, -0.2) is 64.6 Å². The lowest BCUT2D eigenvalue weighted by Gasteiger charge is -2.38. The molecular weight excluding hydrogens is 240 g/mol. The maximum absolute atomic E-state index is 12.0. The zero-order valence-corrected chi connectivity index (χ0v) is 10.8. The first-order valence-corrected chi connectivity index (χ1v) is 5.82. The summed E-state index contributed by atoms with van der Waals surface area (Å²) in [7, 11) is 0. The van der Waals surface area contributed by atoms with Gasteiger partial charge in [0, 0.05) is 0 Å². The van der Waals surface area contributed by atoms with Crippen LogP contribution in [0.2, 0.25) is 0 Å². The number of carboxylic acids is 1. The normalized spacial score (nSPS) is 24.8. The van der Waals surface area contributed by atoms with E-state index in [0.29, 0.717) is 6.61 Å². The van der Waals surface area contributed by atoms with Gasteiger partial charge in [0.2, 0.25) is 0 Å². The van der Waals surface area contributed by atoms with E-state index in [1.54, 1.807) is 6.92 Å². The molecule has 1 heterocycles. The Bertz CT molecular complexity index is 331. The molecule has 0 saturated carbocycles. The van der Waals surface area contributed by atoms with E-state index < -0.39 is 23.6 Å². The number of aliphatic carboxylic acids is 1. The van der Waals surface area contributed by atoms with Gasteiger partial charge in [-0.1, -0.05) is 0 Å². The van der Waals surface area contributed by atoms with E-state index in [-0.39, 0.29) is 19.2 Å². The molecule has 2 amide bonds. The Hall–Kier alpha value is -1.34. The summed E-state index contributed by atoms with van der Waals surface area (Å²) < 4.78 is 5.31. The number of nitrogens with zero attached hydrogens (tertiary/aromatic N) is 1. The molecule has 1 saturated heterocycles. The van der Waals surface area contributed by atoms with Crippen LogP contribution in [-0.2, 0) is 9.53 Å². The van der Waals surface area contributed by atoms with E-state index >= 15 is 0 Å². The minimum atomic E-state index is -1.33. The van der Waals surface area contributed by atoms with Gasteiger partial charge in [-0.25, -0.2) is 9.59 Å². The molecule has 1 fully saturated rings. The second kappa shape index (κ2) is 5.53. The molecule has 0 radical (unpaired) electrons. The van der Waals surface area contributed by atoms with Crippen molar-refractivity contribution >= 4 is 12.0 Å². The van der Waals surface area contributed by atoms with Crippen LogP contribution in [0.15, 0.2) is 0 Å². The minimum absolute atomic E-state index is 0.155. The molecule has 2 atom stereocenters. The Morgan fingerprint density at radius 3 is 2.61 bits per heavy atom. The maximum Gasteiger partial charge on any atom is 0.328 e. The largest absolute Gasteiger partial charge is 0.480 e. The quantitative estimate of drug-likeness (QED) is 0.643. The third-order valence-corrected chi connectivity index (χ3v) is 2.92. The minimum Gasteiger partial charge on any atom is -0.480 e. The second-order valence-electron chi connectivity index (χ2n) is 5.00. The van der Waals surface area contributed by atoms with E-state index in [2.05, 4.69) is 5.32 Å². The second-order valence-corrected chi connectivity index (χ2v) is 5.00. The van der Waals surface area contributed by atoms with Gasteiger partial charge in [-0.3, -0.25) is 0 Å². The molecule has 3 N–H and O–H groups in total. The summed E-state index contributed by atoms with van der Waals surface area (Å²) in [5.41, 5.74) is -1.33. The molecular formula is C11H20N2O5. The molecule has 0 aromatic rings. The highest BCUT2D eigenvalue weighted by Gasteiger charge is 2.35. The number of carbonyl (C=O) groups excluding carboxylic acids is 1. The first-order chi connectivity index (χ1) is 8.27. The maximum atomic E-state index is 12.0. The van der Waals surface area contributed by atoms with Gasteiger partial charge in [0.15, 0.2) is 0 Å². The molecule has 0 bridgehead atoms. The molecule has 7 heteroatoms. The van der Waals surface area contributed by atoms with E-state index in [1.807, 2.05) is 0 Å². The lowest BCUT2D eigenvalue weighted by molar-refractivity contribution is -0.143. The van der Waals surface area contributed by atoms with Crippen LogP contribution in [0.5, 0.6) is 0 Å². The van der Waals surface area contributed by atoms with Crippen molar-refractivity contribution in [1.82, 2.24) is 10.2 Å². The average Bonchev–Trinajstić information content (AvgIpc) is 2.28. The Labute approximate surface area is 106 Å². The van der Waals surface area contributed by atoms with Gasteiger partial charge in [0.05, 0.1) is 31.9 Å². The topological polar surface area (TPSA) is 99.1 Å².